The van der Waals surface area contributed by atoms with Gasteiger partial charge in [-0.3, -0.25) is 0 Å². The van der Waals surface area contributed by atoms with Crippen LogP contribution in [0.3, 0.4) is 0 Å². The number of H-pyrrole nitrogens is 1. The molecule has 0 amide bonds. The predicted molar refractivity (Wildman–Crippen MR) is 26.9 cm³/mol. The van der Waals surface area contributed by atoms with Crippen molar-refractivity contribution in [3.8, 4) is 0 Å². The first-order valence-corrected chi connectivity index (χ1v) is 7.06. The summed E-state index contributed by atoms with van der Waals surface area (Å²) in [7, 11) is 0. The maximum atomic E-state index is 9.53. The molecule has 0 saturated heterocycles. The molecule has 0 spiro atoms. The van der Waals surface area contributed by atoms with E-state index in [1.54, 1.807) is 18.7 Å². The quantitative estimate of drug-likeness (QED) is 0.610. The van der Waals surface area contributed by atoms with Gasteiger partial charge in [-0.15, -0.1) is 0 Å². The van der Waals surface area contributed by atoms with E-state index >= 15 is 0 Å². The van der Waals surface area contributed by atoms with Crippen LogP contribution in [-0.4, -0.2) is 18.3 Å². The van der Waals surface area contributed by atoms with Crippen LogP contribution in [0.1, 0.15) is 0 Å². The third-order valence-corrected chi connectivity index (χ3v) is 3.33. The zero-order chi connectivity index (χ0) is 11.2. The van der Waals surface area contributed by atoms with E-state index in [4.69, 9.17) is 8.32 Å². The van der Waals surface area contributed by atoms with Gasteiger partial charge in [-0.05, 0) is 0 Å². The molecule has 1 aromatic rings. The van der Waals surface area contributed by atoms with E-state index in [0.29, 0.717) is 0 Å². The minimum Gasteiger partial charge on any atom is -0.351 e. The Morgan fingerprint density at radius 2 is 1.64 bits per heavy atom. The van der Waals surface area contributed by atoms with E-state index in [0.717, 1.165) is 0 Å². The SMILES string of the molecule is [O]=[Cr](=[O])([OH])[O][Cr](=[O])(=[O])[OH].c1c[nH]cn1. The minimum atomic E-state index is -5.76. The molecule has 14 heavy (non-hydrogen) atoms. The maximum Gasteiger partial charge on any atom is 0.0919 e. The zero-order valence-electron chi connectivity index (χ0n) is 6.43. The maximum absolute atomic E-state index is 9.53. The van der Waals surface area contributed by atoms with Crippen LogP contribution in [0.25, 0.3) is 0 Å². The van der Waals surface area contributed by atoms with Crippen LogP contribution in [0, 0.1) is 0 Å². The van der Waals surface area contributed by atoms with Gasteiger partial charge in [0.05, 0.1) is 6.33 Å². The van der Waals surface area contributed by atoms with Crippen molar-refractivity contribution < 1.29 is 53.6 Å². The second-order valence-electron chi connectivity index (χ2n) is 1.68. The molecule has 1 aromatic heterocycles. The summed E-state index contributed by atoms with van der Waals surface area (Å²) in [4.78, 5) is 6.42. The van der Waals surface area contributed by atoms with Gasteiger partial charge in [0.25, 0.3) is 0 Å². The molecule has 1 heterocycles. The summed E-state index contributed by atoms with van der Waals surface area (Å²) in [6.45, 7) is 0. The van der Waals surface area contributed by atoms with Gasteiger partial charge in [0, 0.05) is 12.4 Å². The average Bonchev–Trinajstić information content (AvgIpc) is 2.29. The summed E-state index contributed by atoms with van der Waals surface area (Å²) in [6.07, 6.45) is 5.08. The van der Waals surface area contributed by atoms with Crippen LogP contribution in [0.4, 0.5) is 0 Å². The third kappa shape index (κ3) is 11.4. The van der Waals surface area contributed by atoms with Crippen molar-refractivity contribution in [2.75, 3.05) is 0 Å². The molecule has 0 aliphatic rings. The Labute approximate surface area is 82.5 Å². The Bertz CT molecular complexity index is 384. The summed E-state index contributed by atoms with van der Waals surface area (Å²) in [5.41, 5.74) is 0. The molecule has 0 fully saturated rings. The second-order valence-corrected chi connectivity index (χ2v) is 5.44. The molecule has 0 atom stereocenters. The largest absolute Gasteiger partial charge is 0.351 e. The van der Waals surface area contributed by atoms with Gasteiger partial charge in [-0.1, -0.05) is 0 Å². The van der Waals surface area contributed by atoms with Crippen molar-refractivity contribution in [1.29, 1.82) is 0 Å². The monoisotopic (exact) mass is 286 g/mol. The fourth-order valence-corrected chi connectivity index (χ4v) is 2.06. The van der Waals surface area contributed by atoms with E-state index < -0.39 is 27.2 Å². The average molecular weight is 286 g/mol. The molecular weight excluding hydrogens is 280 g/mol. The number of hydrogen-bond donors (Lipinski definition) is 3. The Hall–Kier alpha value is -0.645. The number of hydrogen-bond acceptors (Lipinski definition) is 6. The van der Waals surface area contributed by atoms with Crippen molar-refractivity contribution in [2.24, 2.45) is 0 Å². The number of nitrogens with one attached hydrogen (secondary N) is 1. The van der Waals surface area contributed by atoms with Crippen LogP contribution in [0.5, 0.6) is 0 Å². The van der Waals surface area contributed by atoms with Crippen molar-refractivity contribution in [3.63, 3.8) is 0 Å². The molecule has 0 aromatic carbocycles. The number of nitrogens with zero attached hydrogens (tertiary/aromatic N) is 1. The molecule has 11 heteroatoms. The van der Waals surface area contributed by atoms with Crippen LogP contribution < -0.4 is 0 Å². The van der Waals surface area contributed by atoms with Gasteiger partial charge in [-0.25, -0.2) is 4.98 Å². The molecular formula is C3H6Cr2N2O7. The van der Waals surface area contributed by atoms with E-state index in [2.05, 4.69) is 12.8 Å². The molecule has 9 nitrogen and oxygen atoms in total. The smallest absolute Gasteiger partial charge is 0.0919 e. The summed E-state index contributed by atoms with van der Waals surface area (Å²) in [5, 5.41) is 0. The molecule has 3 N–H and O–H groups in total. The minimum absolute atomic E-state index is 1.62. The van der Waals surface area contributed by atoms with Crippen molar-refractivity contribution in [1.82, 2.24) is 9.97 Å². The number of rotatable bonds is 2. The number of aromatic amines is 1. The Morgan fingerprint density at radius 1 is 1.14 bits per heavy atom. The van der Waals surface area contributed by atoms with Crippen LogP contribution in [0.15, 0.2) is 18.7 Å². The van der Waals surface area contributed by atoms with E-state index in [1.165, 1.54) is 0 Å². The van der Waals surface area contributed by atoms with Crippen LogP contribution in [0.2, 0.25) is 0 Å². The van der Waals surface area contributed by atoms with Crippen molar-refractivity contribution in [3.05, 3.63) is 18.7 Å². The summed E-state index contributed by atoms with van der Waals surface area (Å²) in [5.74, 6) is 0. The second kappa shape index (κ2) is 5.29. The molecule has 0 aliphatic carbocycles. The Morgan fingerprint density at radius 3 is 1.71 bits per heavy atom. The van der Waals surface area contributed by atoms with Gasteiger partial charge in [-0.2, -0.15) is 0 Å². The van der Waals surface area contributed by atoms with E-state index in [-0.39, 0.29) is 0 Å². The van der Waals surface area contributed by atoms with Gasteiger partial charge in [0.15, 0.2) is 0 Å². The normalized spacial score (nSPS) is 11.6. The van der Waals surface area contributed by atoms with Gasteiger partial charge >= 0.3 is 53.6 Å². The standard InChI is InChI=1S/C3H4N2.2Cr.2H2O.5O/c1-2-5-3-4-1;;;;;;;;;/h1-3H,(H,4,5);;;2*1H2;;;;;/q;2*+1;;;;;;;/p-2. The van der Waals surface area contributed by atoms with E-state index in [1.807, 2.05) is 0 Å². The predicted octanol–water partition coefficient (Wildman–Crippen LogP) is -1.25. The molecule has 1 rings (SSSR count). The van der Waals surface area contributed by atoms with Crippen LogP contribution >= 0.6 is 0 Å². The van der Waals surface area contributed by atoms with Gasteiger partial charge < -0.3 is 4.98 Å². The van der Waals surface area contributed by atoms with Crippen LogP contribution in [-0.2, 0) is 45.3 Å². The van der Waals surface area contributed by atoms with Gasteiger partial charge in [0.1, 0.15) is 0 Å². The molecule has 0 unspecified atom stereocenters. The summed E-state index contributed by atoms with van der Waals surface area (Å²) in [6, 6.07) is 0. The van der Waals surface area contributed by atoms with Gasteiger partial charge in [0.2, 0.25) is 0 Å². The first kappa shape index (κ1) is 13.4. The van der Waals surface area contributed by atoms with Crippen molar-refractivity contribution in [2.45, 2.75) is 0 Å². The molecule has 0 radical (unpaired) electrons. The molecule has 0 saturated carbocycles. The Balaban J connectivity index is 0.000000280. The number of imidazole rings is 1. The fourth-order valence-electron chi connectivity index (χ4n) is 0.324. The number of aromatic nitrogens is 2. The molecule has 82 valence electrons. The third-order valence-electron chi connectivity index (χ3n) is 0.578. The first-order valence-electron chi connectivity index (χ1n) is 2.79. The fraction of sp³-hybridized carbons (Fsp3) is 0. The molecule has 0 bridgehead atoms. The first-order chi connectivity index (χ1) is 6.21. The topological polar surface area (TPSA) is 147 Å². The van der Waals surface area contributed by atoms with Crippen molar-refractivity contribution >= 4 is 0 Å². The van der Waals surface area contributed by atoms with E-state index in [9.17, 15) is 15.2 Å². The summed E-state index contributed by atoms with van der Waals surface area (Å²) < 4.78 is 56.3. The molecule has 0 aliphatic heterocycles. The summed E-state index contributed by atoms with van der Waals surface area (Å²) >= 11 is -11.5. The Kier molecular flexibility index (Phi) is 5.05. The zero-order valence-corrected chi connectivity index (χ0v) is 8.98.